The van der Waals surface area contributed by atoms with E-state index in [1.54, 1.807) is 7.11 Å². The van der Waals surface area contributed by atoms with Crippen LogP contribution in [0.5, 0.6) is 5.75 Å². The van der Waals surface area contributed by atoms with E-state index in [0.717, 1.165) is 34.7 Å². The number of hydrogen-bond donors (Lipinski definition) is 1. The average Bonchev–Trinajstić information content (AvgIpc) is 3.24. The topological polar surface area (TPSA) is 39.1 Å². The van der Waals surface area contributed by atoms with Gasteiger partial charge in [-0.1, -0.05) is 15.9 Å². The number of benzene rings is 1. The molecule has 21 heavy (non-hydrogen) atoms. The van der Waals surface area contributed by atoms with Gasteiger partial charge in [0.15, 0.2) is 0 Å². The van der Waals surface area contributed by atoms with E-state index in [1.807, 2.05) is 25.3 Å². The summed E-state index contributed by atoms with van der Waals surface area (Å²) in [4.78, 5) is 4.46. The van der Waals surface area contributed by atoms with E-state index in [4.69, 9.17) is 4.74 Å². The van der Waals surface area contributed by atoms with E-state index in [1.165, 1.54) is 18.5 Å². The third-order valence-electron chi connectivity index (χ3n) is 3.86. The van der Waals surface area contributed by atoms with Crippen molar-refractivity contribution in [2.45, 2.75) is 38.9 Å². The van der Waals surface area contributed by atoms with Crippen molar-refractivity contribution in [3.63, 3.8) is 0 Å². The molecule has 0 bridgehead atoms. The number of rotatable bonds is 6. The van der Waals surface area contributed by atoms with Gasteiger partial charge >= 0.3 is 0 Å². The highest BCUT2D eigenvalue weighted by Crippen LogP contribution is 2.25. The first-order chi connectivity index (χ1) is 10.2. The molecule has 1 aromatic carbocycles. The third-order valence-corrected chi connectivity index (χ3v) is 4.35. The highest BCUT2D eigenvalue weighted by atomic mass is 79.9. The van der Waals surface area contributed by atoms with Crippen molar-refractivity contribution in [3.8, 4) is 5.75 Å². The first kappa shape index (κ1) is 14.6. The molecule has 1 heterocycles. The van der Waals surface area contributed by atoms with E-state index in [9.17, 15) is 0 Å². The van der Waals surface area contributed by atoms with E-state index >= 15 is 0 Å². The van der Waals surface area contributed by atoms with E-state index in [0.29, 0.717) is 6.04 Å². The SMILES string of the molecule is COc1ccc(Br)cc1Cn1c(CNC2CC2)cnc1C. The maximum Gasteiger partial charge on any atom is 0.123 e. The maximum absolute atomic E-state index is 5.47. The number of halogens is 1. The van der Waals surface area contributed by atoms with E-state index in [2.05, 4.69) is 36.9 Å². The summed E-state index contributed by atoms with van der Waals surface area (Å²) >= 11 is 3.53. The lowest BCUT2D eigenvalue weighted by molar-refractivity contribution is 0.407. The Balaban J connectivity index is 1.83. The van der Waals surface area contributed by atoms with Crippen molar-refractivity contribution in [3.05, 3.63) is 46.0 Å². The summed E-state index contributed by atoms with van der Waals surface area (Å²) in [5.41, 5.74) is 2.38. The largest absolute Gasteiger partial charge is 0.496 e. The molecule has 1 aliphatic carbocycles. The van der Waals surface area contributed by atoms with Gasteiger partial charge in [-0.15, -0.1) is 0 Å². The summed E-state index contributed by atoms with van der Waals surface area (Å²) in [7, 11) is 1.71. The van der Waals surface area contributed by atoms with Crippen LogP contribution in [0.25, 0.3) is 0 Å². The highest BCUT2D eigenvalue weighted by molar-refractivity contribution is 9.10. The fourth-order valence-electron chi connectivity index (χ4n) is 2.45. The standard InChI is InChI=1S/C16H20BrN3O/c1-11-18-8-15(9-19-14-4-5-14)20(11)10-12-7-13(17)3-6-16(12)21-2/h3,6-8,14,19H,4-5,9-10H2,1-2H3. The predicted octanol–water partition coefficient (Wildman–Crippen LogP) is 3.26. The molecule has 0 aliphatic heterocycles. The molecular formula is C16H20BrN3O. The van der Waals surface area contributed by atoms with Crippen LogP contribution in [0.1, 0.15) is 29.9 Å². The van der Waals surface area contributed by atoms with Gasteiger partial charge in [0.2, 0.25) is 0 Å². The first-order valence-corrected chi connectivity index (χ1v) is 8.03. The van der Waals surface area contributed by atoms with Gasteiger partial charge in [0.05, 0.1) is 19.3 Å². The second-order valence-electron chi connectivity index (χ2n) is 5.49. The highest BCUT2D eigenvalue weighted by Gasteiger charge is 2.21. The predicted molar refractivity (Wildman–Crippen MR) is 86.6 cm³/mol. The molecule has 112 valence electrons. The molecule has 1 aliphatic rings. The number of imidazole rings is 1. The monoisotopic (exact) mass is 349 g/mol. The summed E-state index contributed by atoms with van der Waals surface area (Å²) in [5, 5.41) is 3.55. The Bertz CT molecular complexity index is 634. The molecule has 5 heteroatoms. The van der Waals surface area contributed by atoms with Crippen LogP contribution < -0.4 is 10.1 Å². The average molecular weight is 350 g/mol. The van der Waals surface area contributed by atoms with Crippen molar-refractivity contribution in [1.29, 1.82) is 0 Å². The summed E-state index contributed by atoms with van der Waals surface area (Å²) < 4.78 is 8.78. The summed E-state index contributed by atoms with van der Waals surface area (Å²) in [6.45, 7) is 3.70. The molecule has 0 unspecified atom stereocenters. The molecule has 1 fully saturated rings. The summed E-state index contributed by atoms with van der Waals surface area (Å²) in [5.74, 6) is 1.94. The number of aromatic nitrogens is 2. The molecule has 2 aromatic rings. The van der Waals surface area contributed by atoms with Gasteiger partial charge in [-0.2, -0.15) is 0 Å². The van der Waals surface area contributed by atoms with Crippen molar-refractivity contribution in [2.24, 2.45) is 0 Å². The van der Waals surface area contributed by atoms with Gasteiger partial charge < -0.3 is 14.6 Å². The van der Waals surface area contributed by atoms with Crippen LogP contribution in [0.4, 0.5) is 0 Å². The number of hydrogen-bond acceptors (Lipinski definition) is 3. The second-order valence-corrected chi connectivity index (χ2v) is 6.41. The number of aryl methyl sites for hydroxylation is 1. The van der Waals surface area contributed by atoms with Gasteiger partial charge in [-0.25, -0.2) is 4.98 Å². The minimum absolute atomic E-state index is 0.703. The van der Waals surface area contributed by atoms with Gasteiger partial charge in [0.1, 0.15) is 11.6 Å². The van der Waals surface area contributed by atoms with E-state index < -0.39 is 0 Å². The molecule has 0 atom stereocenters. The molecule has 3 rings (SSSR count). The molecule has 0 amide bonds. The summed E-state index contributed by atoms with van der Waals surface area (Å²) in [6.07, 6.45) is 4.56. The first-order valence-electron chi connectivity index (χ1n) is 7.24. The van der Waals surface area contributed by atoms with Crippen molar-refractivity contribution in [2.75, 3.05) is 7.11 Å². The number of ether oxygens (including phenoxy) is 1. The zero-order valence-electron chi connectivity index (χ0n) is 12.4. The molecular weight excluding hydrogens is 330 g/mol. The van der Waals surface area contributed by atoms with Crippen LogP contribution >= 0.6 is 15.9 Å². The van der Waals surface area contributed by atoms with Crippen LogP contribution in [0.3, 0.4) is 0 Å². The Labute approximate surface area is 133 Å². The molecule has 0 radical (unpaired) electrons. The molecule has 1 saturated carbocycles. The Morgan fingerprint density at radius 3 is 2.95 bits per heavy atom. The number of methoxy groups -OCH3 is 1. The lowest BCUT2D eigenvalue weighted by Crippen LogP contribution is -2.19. The van der Waals surface area contributed by atoms with Gasteiger partial charge in [-0.05, 0) is 38.0 Å². The second kappa shape index (κ2) is 6.20. The maximum atomic E-state index is 5.47. The molecule has 1 N–H and O–H groups in total. The lowest BCUT2D eigenvalue weighted by Gasteiger charge is -2.14. The van der Waals surface area contributed by atoms with Crippen molar-refractivity contribution in [1.82, 2.24) is 14.9 Å². The minimum atomic E-state index is 0.703. The normalized spacial score (nSPS) is 14.4. The van der Waals surface area contributed by atoms with Crippen LogP contribution in [-0.2, 0) is 13.1 Å². The smallest absolute Gasteiger partial charge is 0.123 e. The summed E-state index contributed by atoms with van der Waals surface area (Å²) in [6, 6.07) is 6.80. The van der Waals surface area contributed by atoms with Gasteiger partial charge in [-0.3, -0.25) is 0 Å². The van der Waals surface area contributed by atoms with Crippen LogP contribution in [-0.4, -0.2) is 22.7 Å². The molecule has 0 spiro atoms. The molecule has 4 nitrogen and oxygen atoms in total. The van der Waals surface area contributed by atoms with Crippen molar-refractivity contribution < 1.29 is 4.74 Å². The zero-order chi connectivity index (χ0) is 14.8. The zero-order valence-corrected chi connectivity index (χ0v) is 14.0. The quantitative estimate of drug-likeness (QED) is 0.869. The van der Waals surface area contributed by atoms with Crippen LogP contribution in [0.15, 0.2) is 28.9 Å². The molecule has 0 saturated heterocycles. The minimum Gasteiger partial charge on any atom is -0.496 e. The van der Waals surface area contributed by atoms with Crippen LogP contribution in [0, 0.1) is 6.92 Å². The Morgan fingerprint density at radius 1 is 1.43 bits per heavy atom. The van der Waals surface area contributed by atoms with Gasteiger partial charge in [0, 0.05) is 28.8 Å². The third kappa shape index (κ3) is 3.47. The fraction of sp³-hybridized carbons (Fsp3) is 0.438. The molecule has 1 aromatic heterocycles. The lowest BCUT2D eigenvalue weighted by atomic mass is 10.2. The number of nitrogens with zero attached hydrogens (tertiary/aromatic N) is 2. The van der Waals surface area contributed by atoms with Crippen LogP contribution in [0.2, 0.25) is 0 Å². The Morgan fingerprint density at radius 2 is 2.24 bits per heavy atom. The van der Waals surface area contributed by atoms with Gasteiger partial charge in [0.25, 0.3) is 0 Å². The number of nitrogens with one attached hydrogen (secondary N) is 1. The Kier molecular flexibility index (Phi) is 4.31. The fourth-order valence-corrected chi connectivity index (χ4v) is 2.86. The Hall–Kier alpha value is -1.33. The van der Waals surface area contributed by atoms with E-state index in [-0.39, 0.29) is 0 Å². The van der Waals surface area contributed by atoms with Crippen molar-refractivity contribution >= 4 is 15.9 Å².